The van der Waals surface area contributed by atoms with Crippen LogP contribution in [-0.4, -0.2) is 42.1 Å². The van der Waals surface area contributed by atoms with Crippen molar-refractivity contribution < 1.29 is 9.59 Å². The van der Waals surface area contributed by atoms with Gasteiger partial charge in [-0.25, -0.2) is 0 Å². The van der Waals surface area contributed by atoms with E-state index in [1.807, 2.05) is 18.7 Å². The minimum absolute atomic E-state index is 0.0259. The topological polar surface area (TPSA) is 49.4 Å². The summed E-state index contributed by atoms with van der Waals surface area (Å²) in [7, 11) is 0. The maximum Gasteiger partial charge on any atom is 0.225 e. The highest BCUT2D eigenvalue weighted by molar-refractivity contribution is 7.98. The van der Waals surface area contributed by atoms with E-state index in [1.54, 1.807) is 4.90 Å². The zero-order chi connectivity index (χ0) is 16.7. The number of nitrogens with one attached hydrogen (secondary N) is 1. The minimum atomic E-state index is -0.164. The van der Waals surface area contributed by atoms with Crippen molar-refractivity contribution in [2.45, 2.75) is 32.4 Å². The molecule has 5 heteroatoms. The van der Waals surface area contributed by atoms with Crippen molar-refractivity contribution in [3.05, 3.63) is 35.4 Å². The summed E-state index contributed by atoms with van der Waals surface area (Å²) in [6.07, 6.45) is 1.32. The van der Waals surface area contributed by atoms with Gasteiger partial charge in [-0.15, -0.1) is 0 Å². The Bertz CT molecular complexity index is 548. The van der Waals surface area contributed by atoms with E-state index in [0.29, 0.717) is 26.1 Å². The molecule has 1 fully saturated rings. The van der Waals surface area contributed by atoms with Crippen LogP contribution in [0, 0.1) is 12.8 Å². The van der Waals surface area contributed by atoms with Gasteiger partial charge in [-0.3, -0.25) is 9.59 Å². The molecule has 1 aromatic carbocycles. The van der Waals surface area contributed by atoms with Gasteiger partial charge in [-0.05, 0) is 31.6 Å². The quantitative estimate of drug-likeness (QED) is 0.744. The molecule has 0 bridgehead atoms. The van der Waals surface area contributed by atoms with Gasteiger partial charge >= 0.3 is 0 Å². The predicted octanol–water partition coefficient (Wildman–Crippen LogP) is 2.60. The van der Waals surface area contributed by atoms with Crippen molar-refractivity contribution in [3.8, 4) is 0 Å². The number of nitrogens with zero attached hydrogens (tertiary/aromatic N) is 1. The van der Waals surface area contributed by atoms with Gasteiger partial charge < -0.3 is 10.2 Å². The Hall–Kier alpha value is -1.49. The number of hydrogen-bond donors (Lipinski definition) is 1. The molecule has 1 aliphatic rings. The first-order valence-electron chi connectivity index (χ1n) is 8.29. The van der Waals surface area contributed by atoms with E-state index in [4.69, 9.17) is 0 Å². The lowest BCUT2D eigenvalue weighted by atomic mass is 10.1. The number of benzene rings is 1. The maximum atomic E-state index is 12.0. The molecule has 0 aliphatic carbocycles. The monoisotopic (exact) mass is 334 g/mol. The standard InChI is InChI=1S/C18H26N2O2S/c1-3-20-12-16(11-17(20)21)18(22)19-8-5-9-23-13-15-7-4-6-14(2)10-15/h4,6-7,10,16H,3,5,8-9,11-13H2,1-2H3,(H,19,22). The van der Waals surface area contributed by atoms with E-state index >= 15 is 0 Å². The number of rotatable bonds is 8. The first-order valence-corrected chi connectivity index (χ1v) is 9.44. The van der Waals surface area contributed by atoms with Gasteiger partial charge in [0, 0.05) is 31.8 Å². The molecule has 0 aromatic heterocycles. The molecular weight excluding hydrogens is 308 g/mol. The molecule has 23 heavy (non-hydrogen) atoms. The second-order valence-corrected chi connectivity index (χ2v) is 7.12. The van der Waals surface area contributed by atoms with Gasteiger partial charge in [0.1, 0.15) is 0 Å². The van der Waals surface area contributed by atoms with Gasteiger partial charge in [0.05, 0.1) is 5.92 Å². The summed E-state index contributed by atoms with van der Waals surface area (Å²) in [5.74, 6) is 2.00. The fourth-order valence-corrected chi connectivity index (χ4v) is 3.68. The fourth-order valence-electron chi connectivity index (χ4n) is 2.78. The van der Waals surface area contributed by atoms with Crippen LogP contribution < -0.4 is 5.32 Å². The van der Waals surface area contributed by atoms with Crippen LogP contribution in [0.5, 0.6) is 0 Å². The summed E-state index contributed by atoms with van der Waals surface area (Å²) in [5.41, 5.74) is 2.64. The third-order valence-electron chi connectivity index (χ3n) is 4.08. The molecule has 1 aliphatic heterocycles. The summed E-state index contributed by atoms with van der Waals surface area (Å²) in [6.45, 7) is 6.01. The lowest BCUT2D eigenvalue weighted by molar-refractivity contribution is -0.128. The normalized spacial score (nSPS) is 17.6. The molecule has 4 nitrogen and oxygen atoms in total. The highest BCUT2D eigenvalue weighted by Gasteiger charge is 2.32. The lowest BCUT2D eigenvalue weighted by Gasteiger charge is -2.13. The number of likely N-dealkylation sites (tertiary alicyclic amines) is 1. The van der Waals surface area contributed by atoms with Gasteiger partial charge in [0.15, 0.2) is 0 Å². The number of carbonyl (C=O) groups excluding carboxylic acids is 2. The van der Waals surface area contributed by atoms with Crippen molar-refractivity contribution in [3.63, 3.8) is 0 Å². The molecule has 1 heterocycles. The largest absolute Gasteiger partial charge is 0.356 e. The molecule has 1 unspecified atom stereocenters. The molecule has 2 rings (SSSR count). The molecule has 1 aromatic rings. The Morgan fingerprint density at radius 1 is 1.43 bits per heavy atom. The van der Waals surface area contributed by atoms with Crippen LogP contribution >= 0.6 is 11.8 Å². The average Bonchev–Trinajstić information content (AvgIpc) is 2.91. The molecule has 126 valence electrons. The van der Waals surface area contributed by atoms with Crippen LogP contribution in [0.1, 0.15) is 30.9 Å². The number of amides is 2. The van der Waals surface area contributed by atoms with Crippen molar-refractivity contribution in [1.29, 1.82) is 0 Å². The Labute approximate surface area is 143 Å². The summed E-state index contributed by atoms with van der Waals surface area (Å²) in [6, 6.07) is 8.56. The third kappa shape index (κ3) is 5.57. The van der Waals surface area contributed by atoms with E-state index in [2.05, 4.69) is 36.5 Å². The first kappa shape index (κ1) is 17.9. The maximum absolute atomic E-state index is 12.0. The van der Waals surface area contributed by atoms with E-state index in [0.717, 1.165) is 17.9 Å². The minimum Gasteiger partial charge on any atom is -0.356 e. The predicted molar refractivity (Wildman–Crippen MR) is 95.3 cm³/mol. The summed E-state index contributed by atoms with van der Waals surface area (Å²) in [5, 5.41) is 2.97. The number of hydrogen-bond acceptors (Lipinski definition) is 3. The van der Waals surface area contributed by atoms with Gasteiger partial charge in [-0.1, -0.05) is 29.8 Å². The van der Waals surface area contributed by atoms with Gasteiger partial charge in [-0.2, -0.15) is 11.8 Å². The Kier molecular flexibility index (Phi) is 6.96. The van der Waals surface area contributed by atoms with Crippen molar-refractivity contribution in [2.24, 2.45) is 5.92 Å². The highest BCUT2D eigenvalue weighted by Crippen LogP contribution is 2.17. The van der Waals surface area contributed by atoms with Crippen molar-refractivity contribution >= 4 is 23.6 Å². The number of carbonyl (C=O) groups is 2. The average molecular weight is 334 g/mol. The van der Waals surface area contributed by atoms with Crippen LogP contribution in [-0.2, 0) is 15.3 Å². The molecule has 1 saturated heterocycles. The van der Waals surface area contributed by atoms with E-state index < -0.39 is 0 Å². The van der Waals surface area contributed by atoms with Gasteiger partial charge in [0.25, 0.3) is 0 Å². The highest BCUT2D eigenvalue weighted by atomic mass is 32.2. The van der Waals surface area contributed by atoms with E-state index in [-0.39, 0.29) is 17.7 Å². The lowest BCUT2D eigenvalue weighted by Crippen LogP contribution is -2.33. The summed E-state index contributed by atoms with van der Waals surface area (Å²) >= 11 is 1.89. The molecular formula is C18H26N2O2S. The molecule has 0 saturated carbocycles. The number of thioether (sulfide) groups is 1. The second-order valence-electron chi connectivity index (χ2n) is 6.02. The molecule has 0 radical (unpaired) electrons. The molecule has 2 amide bonds. The Morgan fingerprint density at radius 2 is 2.26 bits per heavy atom. The first-order chi connectivity index (χ1) is 11.1. The van der Waals surface area contributed by atoms with Crippen LogP contribution in [0.2, 0.25) is 0 Å². The summed E-state index contributed by atoms with van der Waals surface area (Å²) < 4.78 is 0. The van der Waals surface area contributed by atoms with Crippen LogP contribution in [0.3, 0.4) is 0 Å². The summed E-state index contributed by atoms with van der Waals surface area (Å²) in [4.78, 5) is 25.4. The zero-order valence-corrected chi connectivity index (χ0v) is 14.8. The van der Waals surface area contributed by atoms with Crippen LogP contribution in [0.25, 0.3) is 0 Å². The molecule has 0 spiro atoms. The molecule has 1 N–H and O–H groups in total. The Morgan fingerprint density at radius 3 is 2.96 bits per heavy atom. The van der Waals surface area contributed by atoms with E-state index in [9.17, 15) is 9.59 Å². The molecule has 1 atom stereocenters. The van der Waals surface area contributed by atoms with Crippen LogP contribution in [0.15, 0.2) is 24.3 Å². The van der Waals surface area contributed by atoms with Crippen LogP contribution in [0.4, 0.5) is 0 Å². The fraction of sp³-hybridized carbons (Fsp3) is 0.556. The van der Waals surface area contributed by atoms with Crippen molar-refractivity contribution in [1.82, 2.24) is 10.2 Å². The SMILES string of the molecule is CCN1CC(C(=O)NCCCSCc2cccc(C)c2)CC1=O. The second kappa shape index (κ2) is 8.96. The van der Waals surface area contributed by atoms with Gasteiger partial charge in [0.2, 0.25) is 11.8 Å². The third-order valence-corrected chi connectivity index (χ3v) is 5.20. The smallest absolute Gasteiger partial charge is 0.225 e. The van der Waals surface area contributed by atoms with Crippen molar-refractivity contribution in [2.75, 3.05) is 25.4 Å². The number of aryl methyl sites for hydroxylation is 1. The van der Waals surface area contributed by atoms with E-state index in [1.165, 1.54) is 11.1 Å². The zero-order valence-electron chi connectivity index (χ0n) is 14.0. The Balaban J connectivity index is 1.57.